The number of hydrogen-bond acceptors (Lipinski definition) is 5. The Hall–Kier alpha value is -0.240. The number of unbranched alkanes of at least 4 members (excludes halogenated alkanes) is 1. The number of nitrogens with zero attached hydrogens (tertiary/aromatic N) is 1. The van der Waals surface area contributed by atoms with Gasteiger partial charge in [-0.15, -0.1) is 37.2 Å². The van der Waals surface area contributed by atoms with Crippen molar-refractivity contribution in [2.45, 2.75) is 176 Å². The van der Waals surface area contributed by atoms with E-state index in [1.165, 1.54) is 51.4 Å². The van der Waals surface area contributed by atoms with E-state index in [2.05, 4.69) is 59.9 Å². The van der Waals surface area contributed by atoms with Crippen molar-refractivity contribution in [3.63, 3.8) is 0 Å². The summed E-state index contributed by atoms with van der Waals surface area (Å²) in [6.45, 7) is 24.0. The second kappa shape index (κ2) is 20.6. The zero-order chi connectivity index (χ0) is 35.3. The fraction of sp³-hybridized carbons (Fsp3) is 0.929. The van der Waals surface area contributed by atoms with Crippen LogP contribution in [0, 0.1) is 46.3 Å². The summed E-state index contributed by atoms with van der Waals surface area (Å²) in [5, 5.41) is 3.51. The fourth-order valence-electron chi connectivity index (χ4n) is 10.8. The number of fused-ring (bicyclic) bond motifs is 5. The standard InChI is InChI=1S/C42H78N4O2.3ClH/c1-30(2)13-12-14-31(3)35-17-18-36-34-16-15-32-29-33(19-21-41(32,8)37(34)20-22-42(35,36)9)48-38(47)46(28-24-40(6,7)44)27-11-10-25-45-26-23-39(4,5)43;;;/h15,30-31,33-37,45H,10-14,16-29,43-44H2,1-9H3;3*1H/t31-,33?,34?,35?,36?,37?,41?,42?;;;/m1.../s1. The molecule has 5 N–H and O–H groups in total. The predicted molar refractivity (Wildman–Crippen MR) is 225 cm³/mol. The normalized spacial score (nSPS) is 30.7. The van der Waals surface area contributed by atoms with Crippen molar-refractivity contribution >= 4 is 43.3 Å². The first-order valence-corrected chi connectivity index (χ1v) is 20.4. The Kier molecular flexibility index (Phi) is 19.7. The third kappa shape index (κ3) is 13.2. The minimum atomic E-state index is -0.313. The Morgan fingerprint density at radius 3 is 2.22 bits per heavy atom. The largest absolute Gasteiger partial charge is 0.446 e. The molecule has 0 saturated heterocycles. The molecule has 0 aromatic heterocycles. The van der Waals surface area contributed by atoms with Crippen molar-refractivity contribution in [1.29, 1.82) is 0 Å². The summed E-state index contributed by atoms with van der Waals surface area (Å²) in [7, 11) is 0. The van der Waals surface area contributed by atoms with Gasteiger partial charge in [0.2, 0.25) is 0 Å². The monoisotopic (exact) mass is 779 g/mol. The summed E-state index contributed by atoms with van der Waals surface area (Å²) in [6, 6.07) is 0. The number of nitrogens with one attached hydrogen (secondary N) is 1. The van der Waals surface area contributed by atoms with Crippen LogP contribution < -0.4 is 16.8 Å². The number of allylic oxidation sites excluding steroid dienone is 1. The molecule has 0 aliphatic heterocycles. The molecule has 6 nitrogen and oxygen atoms in total. The molecule has 4 rings (SSSR count). The van der Waals surface area contributed by atoms with Gasteiger partial charge in [-0.05, 0) is 158 Å². The predicted octanol–water partition coefficient (Wildman–Crippen LogP) is 10.7. The zero-order valence-electron chi connectivity index (χ0n) is 34.2. The van der Waals surface area contributed by atoms with E-state index in [0.717, 1.165) is 93.5 Å². The number of hydrogen-bond donors (Lipinski definition) is 3. The van der Waals surface area contributed by atoms with Crippen molar-refractivity contribution in [1.82, 2.24) is 10.2 Å². The topological polar surface area (TPSA) is 93.6 Å². The second-order valence-corrected chi connectivity index (χ2v) is 19.5. The van der Waals surface area contributed by atoms with Gasteiger partial charge < -0.3 is 26.4 Å². The maximum Gasteiger partial charge on any atom is 0.410 e. The Labute approximate surface area is 333 Å². The summed E-state index contributed by atoms with van der Waals surface area (Å²) in [5.41, 5.74) is 14.4. The molecular weight excluding hydrogens is 699 g/mol. The number of nitrogens with two attached hydrogens (primary N) is 2. The van der Waals surface area contributed by atoms with Crippen LogP contribution in [0.2, 0.25) is 0 Å². The minimum Gasteiger partial charge on any atom is -0.446 e. The lowest BCUT2D eigenvalue weighted by molar-refractivity contribution is -0.0593. The molecule has 51 heavy (non-hydrogen) atoms. The number of carbonyl (C=O) groups excluding carboxylic acids is 1. The van der Waals surface area contributed by atoms with Crippen molar-refractivity contribution in [2.75, 3.05) is 26.2 Å². The van der Waals surface area contributed by atoms with Crippen molar-refractivity contribution < 1.29 is 9.53 Å². The molecule has 3 saturated carbocycles. The van der Waals surface area contributed by atoms with Crippen LogP contribution in [0.4, 0.5) is 4.79 Å². The summed E-state index contributed by atoms with van der Waals surface area (Å²) in [5.74, 6) is 5.07. The number of carbonyl (C=O) groups is 1. The molecule has 302 valence electrons. The minimum absolute atomic E-state index is 0. The molecule has 0 spiro atoms. The Morgan fingerprint density at radius 1 is 0.882 bits per heavy atom. The van der Waals surface area contributed by atoms with Gasteiger partial charge in [0.05, 0.1) is 0 Å². The number of amides is 1. The van der Waals surface area contributed by atoms with Gasteiger partial charge in [-0.2, -0.15) is 0 Å². The zero-order valence-corrected chi connectivity index (χ0v) is 36.6. The first kappa shape index (κ1) is 48.8. The molecule has 0 bridgehead atoms. The highest BCUT2D eigenvalue weighted by Crippen LogP contribution is 2.67. The van der Waals surface area contributed by atoms with Crippen LogP contribution in [0.1, 0.15) is 159 Å². The van der Waals surface area contributed by atoms with E-state index in [1.54, 1.807) is 5.57 Å². The van der Waals surface area contributed by atoms with Gasteiger partial charge in [0.15, 0.2) is 0 Å². The quantitative estimate of drug-likeness (QED) is 0.101. The van der Waals surface area contributed by atoms with E-state index < -0.39 is 0 Å². The van der Waals surface area contributed by atoms with Gasteiger partial charge in [0.25, 0.3) is 0 Å². The molecule has 7 unspecified atom stereocenters. The first-order valence-electron chi connectivity index (χ1n) is 20.4. The van der Waals surface area contributed by atoms with Gasteiger partial charge in [-0.25, -0.2) is 4.79 Å². The van der Waals surface area contributed by atoms with E-state index in [0.29, 0.717) is 18.5 Å². The van der Waals surface area contributed by atoms with Crippen LogP contribution in [-0.4, -0.2) is 54.4 Å². The molecular formula is C42H81Cl3N4O2. The highest BCUT2D eigenvalue weighted by Gasteiger charge is 2.59. The van der Waals surface area contributed by atoms with Gasteiger partial charge in [-0.3, -0.25) is 0 Å². The lowest BCUT2D eigenvalue weighted by Gasteiger charge is -2.58. The third-order valence-corrected chi connectivity index (χ3v) is 13.8. The van der Waals surface area contributed by atoms with Crippen LogP contribution in [0.25, 0.3) is 0 Å². The fourth-order valence-corrected chi connectivity index (χ4v) is 10.8. The van der Waals surface area contributed by atoms with Crippen LogP contribution in [0.15, 0.2) is 11.6 Å². The number of halogens is 3. The maximum absolute atomic E-state index is 13.6. The molecule has 1 amide bonds. The molecule has 0 aromatic carbocycles. The average Bonchev–Trinajstić information content (AvgIpc) is 3.34. The van der Waals surface area contributed by atoms with Gasteiger partial charge in [0, 0.05) is 30.6 Å². The van der Waals surface area contributed by atoms with E-state index in [4.69, 9.17) is 16.2 Å². The average molecular weight is 780 g/mol. The summed E-state index contributed by atoms with van der Waals surface area (Å²) >= 11 is 0. The van der Waals surface area contributed by atoms with Crippen molar-refractivity contribution in [3.8, 4) is 0 Å². The Bertz CT molecular complexity index is 1080. The van der Waals surface area contributed by atoms with Crippen LogP contribution in [-0.2, 0) is 4.74 Å². The van der Waals surface area contributed by atoms with E-state index >= 15 is 0 Å². The smallest absolute Gasteiger partial charge is 0.410 e. The molecule has 0 heterocycles. The lowest BCUT2D eigenvalue weighted by Crippen LogP contribution is -2.51. The third-order valence-electron chi connectivity index (χ3n) is 13.8. The Balaban J connectivity index is 0.00000433. The lowest BCUT2D eigenvalue weighted by atomic mass is 9.47. The summed E-state index contributed by atoms with van der Waals surface area (Å²) < 4.78 is 6.33. The van der Waals surface area contributed by atoms with Gasteiger partial charge in [-0.1, -0.05) is 65.5 Å². The van der Waals surface area contributed by atoms with Gasteiger partial charge >= 0.3 is 6.09 Å². The van der Waals surface area contributed by atoms with Crippen LogP contribution in [0.3, 0.4) is 0 Å². The van der Waals surface area contributed by atoms with E-state index in [9.17, 15) is 4.79 Å². The van der Waals surface area contributed by atoms with Crippen molar-refractivity contribution in [2.24, 2.45) is 57.8 Å². The molecule has 9 heteroatoms. The second-order valence-electron chi connectivity index (χ2n) is 19.5. The van der Waals surface area contributed by atoms with E-state index in [1.807, 2.05) is 18.7 Å². The highest BCUT2D eigenvalue weighted by molar-refractivity contribution is 5.86. The van der Waals surface area contributed by atoms with Gasteiger partial charge in [0.1, 0.15) is 6.10 Å². The highest BCUT2D eigenvalue weighted by atomic mass is 35.5. The molecule has 3 fully saturated rings. The molecule has 8 atom stereocenters. The maximum atomic E-state index is 13.6. The molecule has 4 aliphatic carbocycles. The van der Waals surface area contributed by atoms with Crippen LogP contribution >= 0.6 is 37.2 Å². The molecule has 4 aliphatic rings. The molecule has 0 aromatic rings. The first-order chi connectivity index (χ1) is 22.4. The molecule has 0 radical (unpaired) electrons. The summed E-state index contributed by atoms with van der Waals surface area (Å²) in [6.07, 6.45) is 20.3. The summed E-state index contributed by atoms with van der Waals surface area (Å²) in [4.78, 5) is 15.6. The van der Waals surface area contributed by atoms with Crippen LogP contribution in [0.5, 0.6) is 0 Å². The number of ether oxygens (including phenoxy) is 1. The van der Waals surface area contributed by atoms with E-state index in [-0.39, 0.29) is 65.9 Å². The number of rotatable bonds is 17. The Morgan fingerprint density at radius 2 is 1.57 bits per heavy atom. The SMILES string of the molecule is CC(C)CCC[C@@H](C)C1CCC2C3CC=C4CC(OC(=O)N(CCCCNCCC(C)(C)N)CCC(C)(C)N)CCC4(C)C3CCC21C.Cl.Cl.Cl. The van der Waals surface area contributed by atoms with Crippen molar-refractivity contribution in [3.05, 3.63) is 11.6 Å².